The Labute approximate surface area is 99.0 Å². The second-order valence-electron chi connectivity index (χ2n) is 3.82. The third-order valence-corrected chi connectivity index (χ3v) is 4.62. The Morgan fingerprint density at radius 2 is 2.06 bits per heavy atom. The van der Waals surface area contributed by atoms with Crippen molar-refractivity contribution in [2.45, 2.75) is 32.7 Å². The molecule has 98 valence electrons. The molecule has 1 atom stereocenters. The standard InChI is InChI=1S/C10H24N2O3S/c1-4-10(2)12(7-8-15-3)16(13,14)9-5-6-11/h10H,4-9,11H2,1-3H3. The molecule has 0 aromatic rings. The lowest BCUT2D eigenvalue weighted by Crippen LogP contribution is -2.42. The van der Waals surface area contributed by atoms with E-state index in [1.165, 1.54) is 4.31 Å². The van der Waals surface area contributed by atoms with Gasteiger partial charge in [0.15, 0.2) is 0 Å². The Morgan fingerprint density at radius 3 is 2.50 bits per heavy atom. The minimum absolute atomic E-state index is 0.0120. The van der Waals surface area contributed by atoms with Crippen LogP contribution in [0.4, 0.5) is 0 Å². The molecule has 0 radical (unpaired) electrons. The topological polar surface area (TPSA) is 72.6 Å². The van der Waals surface area contributed by atoms with Crippen LogP contribution in [0.2, 0.25) is 0 Å². The number of ether oxygens (including phenoxy) is 1. The van der Waals surface area contributed by atoms with Gasteiger partial charge in [-0.25, -0.2) is 8.42 Å². The maximum Gasteiger partial charge on any atom is 0.214 e. The van der Waals surface area contributed by atoms with Crippen LogP contribution in [0, 0.1) is 0 Å². The van der Waals surface area contributed by atoms with Crippen molar-refractivity contribution >= 4 is 10.0 Å². The van der Waals surface area contributed by atoms with Gasteiger partial charge in [0, 0.05) is 19.7 Å². The van der Waals surface area contributed by atoms with Crippen LogP contribution in [-0.2, 0) is 14.8 Å². The third kappa shape index (κ3) is 5.25. The average molecular weight is 252 g/mol. The summed E-state index contributed by atoms with van der Waals surface area (Å²) in [5.74, 6) is 0.123. The molecule has 0 saturated carbocycles. The van der Waals surface area contributed by atoms with Crippen molar-refractivity contribution in [3.05, 3.63) is 0 Å². The summed E-state index contributed by atoms with van der Waals surface area (Å²) >= 11 is 0. The largest absolute Gasteiger partial charge is 0.383 e. The summed E-state index contributed by atoms with van der Waals surface area (Å²) in [5, 5.41) is 0. The molecule has 0 aromatic heterocycles. The zero-order chi connectivity index (χ0) is 12.6. The molecule has 0 aliphatic heterocycles. The van der Waals surface area contributed by atoms with Gasteiger partial charge >= 0.3 is 0 Å². The second kappa shape index (κ2) is 8.00. The molecular weight excluding hydrogens is 228 g/mol. The molecule has 2 N–H and O–H groups in total. The number of hydrogen-bond acceptors (Lipinski definition) is 4. The maximum atomic E-state index is 12.0. The lowest BCUT2D eigenvalue weighted by atomic mass is 10.3. The molecule has 1 unspecified atom stereocenters. The maximum absolute atomic E-state index is 12.0. The number of nitrogens with two attached hydrogens (primary N) is 1. The Balaban J connectivity index is 4.59. The highest BCUT2D eigenvalue weighted by molar-refractivity contribution is 7.89. The van der Waals surface area contributed by atoms with Crippen molar-refractivity contribution in [3.8, 4) is 0 Å². The number of nitrogens with zero attached hydrogens (tertiary/aromatic N) is 1. The SMILES string of the molecule is CCC(C)N(CCOC)S(=O)(=O)CCCN. The lowest BCUT2D eigenvalue weighted by Gasteiger charge is -2.27. The van der Waals surface area contributed by atoms with Gasteiger partial charge in [0.1, 0.15) is 0 Å². The number of rotatable bonds is 9. The first-order valence-corrected chi connectivity index (χ1v) is 7.29. The van der Waals surface area contributed by atoms with Gasteiger partial charge in [0.2, 0.25) is 10.0 Å². The summed E-state index contributed by atoms with van der Waals surface area (Å²) in [6, 6.07) is 0.0120. The Hall–Kier alpha value is -0.170. The van der Waals surface area contributed by atoms with Gasteiger partial charge in [-0.05, 0) is 26.3 Å². The van der Waals surface area contributed by atoms with E-state index in [1.54, 1.807) is 7.11 Å². The molecule has 0 saturated heterocycles. The van der Waals surface area contributed by atoms with Gasteiger partial charge in [-0.3, -0.25) is 0 Å². The lowest BCUT2D eigenvalue weighted by molar-refractivity contribution is 0.167. The van der Waals surface area contributed by atoms with E-state index in [0.29, 0.717) is 26.1 Å². The van der Waals surface area contributed by atoms with E-state index in [9.17, 15) is 8.42 Å². The summed E-state index contributed by atoms with van der Waals surface area (Å²) in [5.41, 5.74) is 5.34. The van der Waals surface area contributed by atoms with Gasteiger partial charge < -0.3 is 10.5 Å². The summed E-state index contributed by atoms with van der Waals surface area (Å²) in [6.45, 7) is 5.13. The molecule has 6 heteroatoms. The van der Waals surface area contributed by atoms with Gasteiger partial charge in [0.25, 0.3) is 0 Å². The highest BCUT2D eigenvalue weighted by atomic mass is 32.2. The number of methoxy groups -OCH3 is 1. The normalized spacial score (nSPS) is 14.3. The summed E-state index contributed by atoms with van der Waals surface area (Å²) < 4.78 is 30.5. The molecule has 0 bridgehead atoms. The van der Waals surface area contributed by atoms with E-state index in [2.05, 4.69) is 0 Å². The van der Waals surface area contributed by atoms with Crippen LogP contribution in [0.5, 0.6) is 0 Å². The summed E-state index contributed by atoms with van der Waals surface area (Å²) in [6.07, 6.45) is 1.30. The van der Waals surface area contributed by atoms with E-state index < -0.39 is 10.0 Å². The third-order valence-electron chi connectivity index (χ3n) is 2.56. The Morgan fingerprint density at radius 1 is 1.44 bits per heavy atom. The number of hydrogen-bond donors (Lipinski definition) is 1. The van der Waals surface area contributed by atoms with E-state index in [0.717, 1.165) is 6.42 Å². The van der Waals surface area contributed by atoms with E-state index in [-0.39, 0.29) is 11.8 Å². The average Bonchev–Trinajstić information content (AvgIpc) is 2.26. The minimum Gasteiger partial charge on any atom is -0.383 e. The van der Waals surface area contributed by atoms with Crippen molar-refractivity contribution in [3.63, 3.8) is 0 Å². The van der Waals surface area contributed by atoms with Crippen LogP contribution in [0.3, 0.4) is 0 Å². The van der Waals surface area contributed by atoms with Crippen LogP contribution in [0.1, 0.15) is 26.7 Å². The van der Waals surface area contributed by atoms with Gasteiger partial charge in [-0.1, -0.05) is 6.92 Å². The van der Waals surface area contributed by atoms with Gasteiger partial charge in [0.05, 0.1) is 12.4 Å². The summed E-state index contributed by atoms with van der Waals surface area (Å²) in [7, 11) is -1.62. The van der Waals surface area contributed by atoms with Crippen molar-refractivity contribution < 1.29 is 13.2 Å². The van der Waals surface area contributed by atoms with Crippen LogP contribution < -0.4 is 5.73 Å². The second-order valence-corrected chi connectivity index (χ2v) is 5.86. The smallest absolute Gasteiger partial charge is 0.214 e. The van der Waals surface area contributed by atoms with Gasteiger partial charge in [-0.2, -0.15) is 4.31 Å². The Bertz CT molecular complexity index is 267. The van der Waals surface area contributed by atoms with Crippen molar-refractivity contribution in [1.29, 1.82) is 0 Å². The zero-order valence-electron chi connectivity index (χ0n) is 10.5. The Kier molecular flexibility index (Phi) is 7.91. The first kappa shape index (κ1) is 15.8. The molecule has 16 heavy (non-hydrogen) atoms. The van der Waals surface area contributed by atoms with Crippen molar-refractivity contribution in [2.75, 3.05) is 32.6 Å². The van der Waals surface area contributed by atoms with Crippen LogP contribution in [0.25, 0.3) is 0 Å². The molecule has 5 nitrogen and oxygen atoms in total. The number of sulfonamides is 1. The molecule has 0 spiro atoms. The van der Waals surface area contributed by atoms with Crippen LogP contribution in [-0.4, -0.2) is 51.3 Å². The van der Waals surface area contributed by atoms with Crippen LogP contribution in [0.15, 0.2) is 0 Å². The molecule has 0 amide bonds. The molecule has 0 aliphatic rings. The zero-order valence-corrected chi connectivity index (χ0v) is 11.3. The first-order valence-electron chi connectivity index (χ1n) is 5.68. The predicted molar refractivity (Wildman–Crippen MR) is 65.8 cm³/mol. The van der Waals surface area contributed by atoms with Crippen LogP contribution >= 0.6 is 0 Å². The minimum atomic E-state index is -3.19. The fraction of sp³-hybridized carbons (Fsp3) is 1.00. The van der Waals surface area contributed by atoms with E-state index in [4.69, 9.17) is 10.5 Å². The molecule has 0 rings (SSSR count). The van der Waals surface area contributed by atoms with E-state index in [1.807, 2.05) is 13.8 Å². The molecule has 0 fully saturated rings. The fourth-order valence-electron chi connectivity index (χ4n) is 1.40. The monoisotopic (exact) mass is 252 g/mol. The first-order chi connectivity index (χ1) is 7.49. The fourth-order valence-corrected chi connectivity index (χ4v) is 3.22. The van der Waals surface area contributed by atoms with Crippen molar-refractivity contribution in [1.82, 2.24) is 4.31 Å². The molecule has 0 aromatic carbocycles. The highest BCUT2D eigenvalue weighted by Crippen LogP contribution is 2.11. The van der Waals surface area contributed by atoms with Gasteiger partial charge in [-0.15, -0.1) is 0 Å². The van der Waals surface area contributed by atoms with Crippen molar-refractivity contribution in [2.24, 2.45) is 5.73 Å². The molecule has 0 aliphatic carbocycles. The summed E-state index contributed by atoms with van der Waals surface area (Å²) in [4.78, 5) is 0. The van der Waals surface area contributed by atoms with E-state index >= 15 is 0 Å². The quantitative estimate of drug-likeness (QED) is 0.645. The molecular formula is C10H24N2O3S. The molecule has 0 heterocycles. The predicted octanol–water partition coefficient (Wildman–Crippen LogP) is 0.412. The highest BCUT2D eigenvalue weighted by Gasteiger charge is 2.25.